The smallest absolute Gasteiger partial charge is 0.263 e. The van der Waals surface area contributed by atoms with E-state index in [9.17, 15) is 0 Å². The Labute approximate surface area is 140 Å². The molecule has 124 valence electrons. The molecule has 1 atom stereocenters. The highest BCUT2D eigenvalue weighted by atomic mass is 16.5. The van der Waals surface area contributed by atoms with Gasteiger partial charge in [0.1, 0.15) is 6.10 Å². The molecule has 0 spiro atoms. The monoisotopic (exact) mass is 325 g/mol. The van der Waals surface area contributed by atoms with E-state index in [1.54, 1.807) is 7.11 Å². The van der Waals surface area contributed by atoms with Gasteiger partial charge in [0.05, 0.1) is 13.7 Å². The van der Waals surface area contributed by atoms with Crippen LogP contribution in [0.5, 0.6) is 11.5 Å². The van der Waals surface area contributed by atoms with Gasteiger partial charge in [0.2, 0.25) is 0 Å². The fraction of sp³-hybridized carbons (Fsp3) is 0.222. The van der Waals surface area contributed by atoms with Crippen molar-refractivity contribution in [3.8, 4) is 23.0 Å². The molecule has 3 aromatic rings. The summed E-state index contributed by atoms with van der Waals surface area (Å²) in [4.78, 5) is 4.32. The molecule has 0 aliphatic heterocycles. The van der Waals surface area contributed by atoms with Crippen molar-refractivity contribution >= 4 is 5.95 Å². The van der Waals surface area contributed by atoms with Crippen LogP contribution in [0.15, 0.2) is 59.1 Å². The van der Waals surface area contributed by atoms with Gasteiger partial charge in [-0.05, 0) is 36.3 Å². The van der Waals surface area contributed by atoms with E-state index in [0.29, 0.717) is 29.9 Å². The van der Waals surface area contributed by atoms with Crippen molar-refractivity contribution in [3.63, 3.8) is 0 Å². The highest BCUT2D eigenvalue weighted by molar-refractivity contribution is 5.53. The average Bonchev–Trinajstić information content (AvgIpc) is 3.10. The number of rotatable bonds is 7. The van der Waals surface area contributed by atoms with E-state index in [-0.39, 0.29) is 6.10 Å². The Morgan fingerprint density at radius 3 is 2.50 bits per heavy atom. The lowest BCUT2D eigenvalue weighted by Gasteiger charge is -2.16. The molecular weight excluding hydrogens is 306 g/mol. The fourth-order valence-corrected chi connectivity index (χ4v) is 2.20. The second-order valence-corrected chi connectivity index (χ2v) is 5.25. The standard InChI is InChI=1S/C18H19N3O3/c1-13(23-16-11-7-6-10-15(16)22-2)12-19-18-20-17(24-21-18)14-8-4-3-5-9-14/h3-11,13H,12H2,1-2H3,(H,19,21). The maximum Gasteiger partial charge on any atom is 0.263 e. The van der Waals surface area contributed by atoms with Gasteiger partial charge in [-0.1, -0.05) is 30.3 Å². The predicted molar refractivity (Wildman–Crippen MR) is 91.3 cm³/mol. The molecule has 1 N–H and O–H groups in total. The van der Waals surface area contributed by atoms with E-state index in [4.69, 9.17) is 14.0 Å². The quantitative estimate of drug-likeness (QED) is 0.715. The molecule has 0 bridgehead atoms. The Bertz CT molecular complexity index is 774. The molecule has 0 aliphatic rings. The van der Waals surface area contributed by atoms with Crippen LogP contribution in [0.25, 0.3) is 11.5 Å². The molecule has 0 saturated heterocycles. The van der Waals surface area contributed by atoms with Gasteiger partial charge in [0.25, 0.3) is 11.8 Å². The van der Waals surface area contributed by atoms with E-state index in [1.807, 2.05) is 61.5 Å². The van der Waals surface area contributed by atoms with Crippen molar-refractivity contribution in [1.82, 2.24) is 10.1 Å². The van der Waals surface area contributed by atoms with Crippen LogP contribution in [0, 0.1) is 0 Å². The molecule has 1 unspecified atom stereocenters. The van der Waals surface area contributed by atoms with Crippen LogP contribution in [0.4, 0.5) is 5.95 Å². The Kier molecular flexibility index (Phi) is 4.96. The fourth-order valence-electron chi connectivity index (χ4n) is 2.20. The van der Waals surface area contributed by atoms with Gasteiger partial charge < -0.3 is 19.3 Å². The molecule has 0 amide bonds. The maximum atomic E-state index is 5.88. The summed E-state index contributed by atoms with van der Waals surface area (Å²) < 4.78 is 16.4. The Morgan fingerprint density at radius 1 is 1.04 bits per heavy atom. The summed E-state index contributed by atoms with van der Waals surface area (Å²) >= 11 is 0. The summed E-state index contributed by atoms with van der Waals surface area (Å²) in [6.07, 6.45) is -0.0972. The summed E-state index contributed by atoms with van der Waals surface area (Å²) in [6, 6.07) is 17.2. The second-order valence-electron chi connectivity index (χ2n) is 5.25. The number of methoxy groups -OCH3 is 1. The first kappa shape index (κ1) is 15.9. The van der Waals surface area contributed by atoms with Gasteiger partial charge in [-0.15, -0.1) is 0 Å². The van der Waals surface area contributed by atoms with Crippen LogP contribution in [0.2, 0.25) is 0 Å². The highest BCUT2D eigenvalue weighted by Gasteiger charge is 2.11. The van der Waals surface area contributed by atoms with Crippen LogP contribution in [0.3, 0.4) is 0 Å². The Balaban J connectivity index is 1.57. The zero-order valence-electron chi connectivity index (χ0n) is 13.6. The van der Waals surface area contributed by atoms with Gasteiger partial charge >= 0.3 is 0 Å². The number of nitrogens with one attached hydrogen (secondary N) is 1. The first-order valence-corrected chi connectivity index (χ1v) is 7.69. The number of ether oxygens (including phenoxy) is 2. The van der Waals surface area contributed by atoms with Crippen molar-refractivity contribution in [2.45, 2.75) is 13.0 Å². The lowest BCUT2D eigenvalue weighted by Crippen LogP contribution is -2.23. The van der Waals surface area contributed by atoms with Crippen LogP contribution in [-0.2, 0) is 0 Å². The zero-order chi connectivity index (χ0) is 16.8. The van der Waals surface area contributed by atoms with Crippen LogP contribution in [0.1, 0.15) is 6.92 Å². The molecule has 1 aromatic heterocycles. The third-order valence-corrected chi connectivity index (χ3v) is 3.39. The van der Waals surface area contributed by atoms with Crippen LogP contribution < -0.4 is 14.8 Å². The van der Waals surface area contributed by atoms with Crippen LogP contribution >= 0.6 is 0 Å². The van der Waals surface area contributed by atoms with Crippen molar-refractivity contribution < 1.29 is 14.0 Å². The summed E-state index contributed by atoms with van der Waals surface area (Å²) in [6.45, 7) is 2.49. The van der Waals surface area contributed by atoms with E-state index >= 15 is 0 Å². The number of hydrogen-bond acceptors (Lipinski definition) is 6. The second kappa shape index (κ2) is 7.50. The van der Waals surface area contributed by atoms with Crippen molar-refractivity contribution in [1.29, 1.82) is 0 Å². The van der Waals surface area contributed by atoms with Crippen molar-refractivity contribution in [2.24, 2.45) is 0 Å². The molecule has 24 heavy (non-hydrogen) atoms. The third-order valence-electron chi connectivity index (χ3n) is 3.39. The van der Waals surface area contributed by atoms with Crippen molar-refractivity contribution in [3.05, 3.63) is 54.6 Å². The number of para-hydroxylation sites is 2. The molecular formula is C18H19N3O3. The SMILES string of the molecule is COc1ccccc1OC(C)CNc1noc(-c2ccccc2)n1. The van der Waals surface area contributed by atoms with Gasteiger partial charge in [0, 0.05) is 5.56 Å². The zero-order valence-corrected chi connectivity index (χ0v) is 13.6. The minimum absolute atomic E-state index is 0.0972. The average molecular weight is 325 g/mol. The largest absolute Gasteiger partial charge is 0.493 e. The molecule has 0 fully saturated rings. The van der Waals surface area contributed by atoms with Gasteiger partial charge in [-0.3, -0.25) is 0 Å². The molecule has 3 rings (SSSR count). The minimum atomic E-state index is -0.0972. The molecule has 6 nitrogen and oxygen atoms in total. The normalized spacial score (nSPS) is 11.8. The van der Waals surface area contributed by atoms with E-state index in [0.717, 1.165) is 5.56 Å². The lowest BCUT2D eigenvalue weighted by molar-refractivity contribution is 0.223. The van der Waals surface area contributed by atoms with Crippen molar-refractivity contribution in [2.75, 3.05) is 19.0 Å². The summed E-state index contributed by atoms with van der Waals surface area (Å²) in [7, 11) is 1.62. The van der Waals surface area contributed by atoms with E-state index in [1.165, 1.54) is 0 Å². The molecule has 6 heteroatoms. The number of nitrogens with zero attached hydrogens (tertiary/aromatic N) is 2. The maximum absolute atomic E-state index is 5.88. The number of benzene rings is 2. The first-order valence-electron chi connectivity index (χ1n) is 7.69. The molecule has 0 radical (unpaired) electrons. The van der Waals surface area contributed by atoms with Crippen LogP contribution in [-0.4, -0.2) is 29.9 Å². The molecule has 0 aliphatic carbocycles. The van der Waals surface area contributed by atoms with Gasteiger partial charge in [-0.25, -0.2) is 0 Å². The molecule has 2 aromatic carbocycles. The van der Waals surface area contributed by atoms with Gasteiger partial charge in [0.15, 0.2) is 11.5 Å². The first-order chi connectivity index (χ1) is 11.8. The summed E-state index contributed by atoms with van der Waals surface area (Å²) in [5.41, 5.74) is 0.886. The number of aromatic nitrogens is 2. The minimum Gasteiger partial charge on any atom is -0.493 e. The molecule has 1 heterocycles. The Morgan fingerprint density at radius 2 is 1.75 bits per heavy atom. The summed E-state index contributed by atoms with van der Waals surface area (Å²) in [5.74, 6) is 2.32. The summed E-state index contributed by atoms with van der Waals surface area (Å²) in [5, 5.41) is 7.04. The predicted octanol–water partition coefficient (Wildman–Crippen LogP) is 3.62. The van der Waals surface area contributed by atoms with Gasteiger partial charge in [-0.2, -0.15) is 4.98 Å². The third kappa shape index (κ3) is 3.84. The van der Waals surface area contributed by atoms with E-state index < -0.39 is 0 Å². The lowest BCUT2D eigenvalue weighted by atomic mass is 10.2. The number of hydrogen-bond donors (Lipinski definition) is 1. The van der Waals surface area contributed by atoms with E-state index in [2.05, 4.69) is 15.5 Å². The number of anilines is 1. The highest BCUT2D eigenvalue weighted by Crippen LogP contribution is 2.26. The topological polar surface area (TPSA) is 69.4 Å². The molecule has 0 saturated carbocycles. The Hall–Kier alpha value is -3.02.